The van der Waals surface area contributed by atoms with Crippen LogP contribution in [-0.4, -0.2) is 12.9 Å². The van der Waals surface area contributed by atoms with Gasteiger partial charge in [-0.25, -0.2) is 0 Å². The Hall–Kier alpha value is -2.09. The summed E-state index contributed by atoms with van der Waals surface area (Å²) in [5.41, 5.74) is 2.14. The molecule has 0 amide bonds. The van der Waals surface area contributed by atoms with Crippen LogP contribution in [0.5, 0.6) is 5.75 Å². The van der Waals surface area contributed by atoms with Crippen molar-refractivity contribution >= 4 is 5.78 Å². The Kier molecular flexibility index (Phi) is 4.94. The smallest absolute Gasteiger partial charge is 0.144 e. The zero-order chi connectivity index (χ0) is 14.4. The van der Waals surface area contributed by atoms with E-state index in [1.807, 2.05) is 54.6 Å². The van der Waals surface area contributed by atoms with E-state index in [0.29, 0.717) is 6.42 Å². The van der Waals surface area contributed by atoms with Gasteiger partial charge in [0.2, 0.25) is 0 Å². The summed E-state index contributed by atoms with van der Waals surface area (Å²) in [6, 6.07) is 17.7. The molecule has 2 nitrogen and oxygen atoms in total. The van der Waals surface area contributed by atoms with Crippen LogP contribution >= 0.6 is 0 Å². The van der Waals surface area contributed by atoms with E-state index in [9.17, 15) is 4.79 Å². The first-order valence-electron chi connectivity index (χ1n) is 6.95. The van der Waals surface area contributed by atoms with Gasteiger partial charge in [0.1, 0.15) is 11.5 Å². The number of hydrogen-bond acceptors (Lipinski definition) is 2. The van der Waals surface area contributed by atoms with Crippen molar-refractivity contribution in [3.8, 4) is 5.75 Å². The van der Waals surface area contributed by atoms with Crippen LogP contribution in [0.25, 0.3) is 0 Å². The summed E-state index contributed by atoms with van der Waals surface area (Å²) in [6.45, 7) is 2.06. The molecule has 0 spiro atoms. The van der Waals surface area contributed by atoms with Gasteiger partial charge in [-0.2, -0.15) is 0 Å². The minimum Gasteiger partial charge on any atom is -0.497 e. The molecule has 104 valence electrons. The third-order valence-electron chi connectivity index (χ3n) is 3.54. The zero-order valence-electron chi connectivity index (χ0n) is 12.0. The lowest BCUT2D eigenvalue weighted by Crippen LogP contribution is -2.14. The molecule has 1 unspecified atom stereocenters. The van der Waals surface area contributed by atoms with Crippen LogP contribution < -0.4 is 4.74 Å². The lowest BCUT2D eigenvalue weighted by Gasteiger charge is -2.14. The minimum atomic E-state index is -0.0155. The Bertz CT molecular complexity index is 543. The maximum atomic E-state index is 12.5. The van der Waals surface area contributed by atoms with Gasteiger partial charge in [0, 0.05) is 12.3 Å². The second-order valence-corrected chi connectivity index (χ2v) is 4.86. The van der Waals surface area contributed by atoms with Gasteiger partial charge in [0.25, 0.3) is 0 Å². The molecule has 2 aromatic carbocycles. The Labute approximate surface area is 120 Å². The molecule has 2 heteroatoms. The zero-order valence-corrected chi connectivity index (χ0v) is 12.0. The number of rotatable bonds is 6. The molecule has 0 aliphatic rings. The van der Waals surface area contributed by atoms with Crippen LogP contribution in [0.2, 0.25) is 0 Å². The molecule has 0 saturated heterocycles. The van der Waals surface area contributed by atoms with Crippen LogP contribution in [0.1, 0.15) is 30.4 Å². The van der Waals surface area contributed by atoms with Gasteiger partial charge in [0.05, 0.1) is 7.11 Å². The van der Waals surface area contributed by atoms with Gasteiger partial charge in [-0.3, -0.25) is 4.79 Å². The summed E-state index contributed by atoms with van der Waals surface area (Å²) in [6.07, 6.45) is 1.30. The van der Waals surface area contributed by atoms with Crippen molar-refractivity contribution < 1.29 is 9.53 Å². The molecular weight excluding hydrogens is 248 g/mol. The predicted molar refractivity (Wildman–Crippen MR) is 81.2 cm³/mol. The number of carbonyl (C=O) groups excluding carboxylic acids is 1. The van der Waals surface area contributed by atoms with Gasteiger partial charge >= 0.3 is 0 Å². The topological polar surface area (TPSA) is 26.3 Å². The molecule has 0 aliphatic heterocycles. The lowest BCUT2D eigenvalue weighted by molar-refractivity contribution is -0.119. The number of benzene rings is 2. The first-order chi connectivity index (χ1) is 9.74. The first-order valence-corrected chi connectivity index (χ1v) is 6.95. The van der Waals surface area contributed by atoms with E-state index in [2.05, 4.69) is 6.92 Å². The highest BCUT2D eigenvalue weighted by molar-refractivity contribution is 5.87. The second kappa shape index (κ2) is 6.90. The third-order valence-corrected chi connectivity index (χ3v) is 3.54. The summed E-state index contributed by atoms with van der Waals surface area (Å²) in [7, 11) is 1.64. The van der Waals surface area contributed by atoms with E-state index >= 15 is 0 Å². The normalized spacial score (nSPS) is 11.9. The summed E-state index contributed by atoms with van der Waals surface area (Å²) in [5, 5.41) is 0. The Balaban J connectivity index is 2.09. The first kappa shape index (κ1) is 14.3. The van der Waals surface area contributed by atoms with Crippen LogP contribution in [0.3, 0.4) is 0 Å². The fraction of sp³-hybridized carbons (Fsp3) is 0.278. The van der Waals surface area contributed by atoms with Gasteiger partial charge in [0.15, 0.2) is 0 Å². The van der Waals surface area contributed by atoms with Crippen LogP contribution in [-0.2, 0) is 11.2 Å². The van der Waals surface area contributed by atoms with Crippen molar-refractivity contribution in [1.29, 1.82) is 0 Å². The van der Waals surface area contributed by atoms with E-state index < -0.39 is 0 Å². The van der Waals surface area contributed by atoms with Crippen LogP contribution in [0.4, 0.5) is 0 Å². The van der Waals surface area contributed by atoms with Crippen LogP contribution in [0, 0.1) is 0 Å². The largest absolute Gasteiger partial charge is 0.497 e. The molecule has 0 N–H and O–H groups in total. The van der Waals surface area contributed by atoms with Gasteiger partial charge in [-0.1, -0.05) is 49.4 Å². The number of carbonyl (C=O) groups is 1. The molecule has 20 heavy (non-hydrogen) atoms. The summed E-state index contributed by atoms with van der Waals surface area (Å²) in [5.74, 6) is 1.07. The Morgan fingerprint density at radius 3 is 2.25 bits per heavy atom. The number of ether oxygens (including phenoxy) is 1. The monoisotopic (exact) mass is 268 g/mol. The maximum Gasteiger partial charge on any atom is 0.144 e. The molecule has 0 saturated carbocycles. The summed E-state index contributed by atoms with van der Waals surface area (Å²) >= 11 is 0. The van der Waals surface area contributed by atoms with Crippen molar-refractivity contribution in [2.75, 3.05) is 7.11 Å². The predicted octanol–water partition coefficient (Wildman–Crippen LogP) is 4.00. The maximum absolute atomic E-state index is 12.5. The van der Waals surface area contributed by atoms with Gasteiger partial charge < -0.3 is 4.74 Å². The lowest BCUT2D eigenvalue weighted by atomic mass is 9.89. The van der Waals surface area contributed by atoms with Crippen molar-refractivity contribution in [3.63, 3.8) is 0 Å². The summed E-state index contributed by atoms with van der Waals surface area (Å²) in [4.78, 5) is 12.5. The fourth-order valence-corrected chi connectivity index (χ4v) is 2.40. The summed E-state index contributed by atoms with van der Waals surface area (Å²) < 4.78 is 5.13. The van der Waals surface area contributed by atoms with E-state index in [1.54, 1.807) is 7.11 Å². The standard InChI is InChI=1S/C18H20O2/c1-3-17(15-7-5-4-6-8-15)18(19)13-14-9-11-16(20-2)12-10-14/h4-12,17H,3,13H2,1-2H3. The van der Waals surface area contributed by atoms with Crippen LogP contribution in [0.15, 0.2) is 54.6 Å². The average Bonchev–Trinajstić information content (AvgIpc) is 2.50. The number of Topliss-reactive ketones (excluding diaryl/α,β-unsaturated/α-hetero) is 1. The molecule has 0 heterocycles. The highest BCUT2D eigenvalue weighted by Gasteiger charge is 2.18. The van der Waals surface area contributed by atoms with Crippen molar-refractivity contribution in [3.05, 3.63) is 65.7 Å². The van der Waals surface area contributed by atoms with E-state index in [-0.39, 0.29) is 11.7 Å². The quantitative estimate of drug-likeness (QED) is 0.791. The Morgan fingerprint density at radius 2 is 1.70 bits per heavy atom. The molecule has 1 atom stereocenters. The molecular formula is C18H20O2. The van der Waals surface area contributed by atoms with Gasteiger partial charge in [-0.15, -0.1) is 0 Å². The Morgan fingerprint density at radius 1 is 1.05 bits per heavy atom. The molecule has 0 fully saturated rings. The number of ketones is 1. The minimum absolute atomic E-state index is 0.0155. The number of methoxy groups -OCH3 is 1. The van der Waals surface area contributed by atoms with Gasteiger partial charge in [-0.05, 0) is 29.7 Å². The van der Waals surface area contributed by atoms with Crippen molar-refractivity contribution in [2.45, 2.75) is 25.7 Å². The highest BCUT2D eigenvalue weighted by Crippen LogP contribution is 2.22. The SMILES string of the molecule is CCC(C(=O)Cc1ccc(OC)cc1)c1ccccc1. The van der Waals surface area contributed by atoms with E-state index in [0.717, 1.165) is 23.3 Å². The number of hydrogen-bond donors (Lipinski definition) is 0. The fourth-order valence-electron chi connectivity index (χ4n) is 2.40. The average molecular weight is 268 g/mol. The second-order valence-electron chi connectivity index (χ2n) is 4.86. The van der Waals surface area contributed by atoms with E-state index in [4.69, 9.17) is 4.74 Å². The van der Waals surface area contributed by atoms with E-state index in [1.165, 1.54) is 0 Å². The molecule has 0 radical (unpaired) electrons. The van der Waals surface area contributed by atoms with Crippen molar-refractivity contribution in [2.24, 2.45) is 0 Å². The molecule has 0 aliphatic carbocycles. The molecule has 0 bridgehead atoms. The molecule has 2 aromatic rings. The highest BCUT2D eigenvalue weighted by atomic mass is 16.5. The van der Waals surface area contributed by atoms with Crippen molar-refractivity contribution in [1.82, 2.24) is 0 Å². The molecule has 2 rings (SSSR count). The molecule has 0 aromatic heterocycles. The third kappa shape index (κ3) is 3.47.